The molecule has 2 rings (SSSR count). The molecule has 1 saturated heterocycles. The van der Waals surface area contributed by atoms with Gasteiger partial charge in [0.1, 0.15) is 0 Å². The number of carboxylic acid groups (broad SMARTS) is 1. The molecule has 1 heterocycles. The Morgan fingerprint density at radius 2 is 2.17 bits per heavy atom. The highest BCUT2D eigenvalue weighted by Gasteiger charge is 2.37. The predicted octanol–water partition coefficient (Wildman–Crippen LogP) is 0.766. The van der Waals surface area contributed by atoms with Crippen molar-refractivity contribution in [2.45, 2.75) is 38.3 Å². The second-order valence-electron chi connectivity index (χ2n) is 4.82. The number of ether oxygens (including phenoxy) is 1. The van der Waals surface area contributed by atoms with Crippen molar-refractivity contribution < 1.29 is 19.4 Å². The van der Waals surface area contributed by atoms with Crippen LogP contribution in [0.25, 0.3) is 0 Å². The molecule has 1 unspecified atom stereocenters. The van der Waals surface area contributed by atoms with E-state index in [1.54, 1.807) is 4.90 Å². The van der Waals surface area contributed by atoms with E-state index in [0.717, 1.165) is 12.8 Å². The molecular formula is C12H20N2O4. The molecule has 0 aromatic carbocycles. The van der Waals surface area contributed by atoms with Crippen LogP contribution in [0.4, 0.5) is 4.79 Å². The van der Waals surface area contributed by atoms with Gasteiger partial charge in [-0.25, -0.2) is 4.79 Å². The second-order valence-corrected chi connectivity index (χ2v) is 4.82. The lowest BCUT2D eigenvalue weighted by molar-refractivity contribution is -0.139. The molecule has 1 aliphatic carbocycles. The first-order valence-electron chi connectivity index (χ1n) is 6.50. The third kappa shape index (κ3) is 2.93. The number of rotatable bonds is 4. The third-order valence-corrected chi connectivity index (χ3v) is 3.46. The van der Waals surface area contributed by atoms with Gasteiger partial charge in [-0.05, 0) is 19.8 Å². The maximum atomic E-state index is 12.4. The van der Waals surface area contributed by atoms with Crippen LogP contribution in [0.3, 0.4) is 0 Å². The summed E-state index contributed by atoms with van der Waals surface area (Å²) < 4.78 is 5.28. The maximum absolute atomic E-state index is 12.4. The molecule has 102 valence electrons. The van der Waals surface area contributed by atoms with Gasteiger partial charge in [0.05, 0.1) is 25.7 Å². The fraction of sp³-hybridized carbons (Fsp3) is 0.833. The summed E-state index contributed by atoms with van der Waals surface area (Å²) in [5.41, 5.74) is 0. The van der Waals surface area contributed by atoms with Crippen molar-refractivity contribution >= 4 is 12.0 Å². The van der Waals surface area contributed by atoms with Crippen molar-refractivity contribution in [1.82, 2.24) is 9.80 Å². The molecule has 2 aliphatic rings. The molecule has 0 spiro atoms. The fourth-order valence-corrected chi connectivity index (χ4v) is 2.38. The fourth-order valence-electron chi connectivity index (χ4n) is 2.38. The second kappa shape index (κ2) is 5.56. The highest BCUT2D eigenvalue weighted by molar-refractivity contribution is 5.77. The number of carbonyl (C=O) groups is 2. The molecule has 6 nitrogen and oxygen atoms in total. The quantitative estimate of drug-likeness (QED) is 0.806. The lowest BCUT2D eigenvalue weighted by Crippen LogP contribution is -2.54. The highest BCUT2D eigenvalue weighted by Crippen LogP contribution is 2.28. The van der Waals surface area contributed by atoms with E-state index in [-0.39, 0.29) is 18.5 Å². The van der Waals surface area contributed by atoms with E-state index in [0.29, 0.717) is 32.3 Å². The molecule has 1 N–H and O–H groups in total. The van der Waals surface area contributed by atoms with Gasteiger partial charge in [-0.15, -0.1) is 0 Å². The molecule has 0 aromatic heterocycles. The van der Waals surface area contributed by atoms with E-state index in [1.165, 1.54) is 0 Å². The minimum Gasteiger partial charge on any atom is -0.481 e. The van der Waals surface area contributed by atoms with Gasteiger partial charge in [0.15, 0.2) is 0 Å². The number of hydrogen-bond acceptors (Lipinski definition) is 3. The standard InChI is InChI=1S/C12H20N2O4/c1-2-13(9-3-4-9)12(17)14-5-6-18-8-10(14)7-11(15)16/h9-10H,2-8H2,1H3,(H,15,16). The number of carboxylic acids is 1. The molecule has 1 saturated carbocycles. The van der Waals surface area contributed by atoms with E-state index in [9.17, 15) is 9.59 Å². The monoisotopic (exact) mass is 256 g/mol. The van der Waals surface area contributed by atoms with E-state index >= 15 is 0 Å². The van der Waals surface area contributed by atoms with Crippen LogP contribution < -0.4 is 0 Å². The molecule has 0 aromatic rings. The van der Waals surface area contributed by atoms with Gasteiger partial charge in [-0.1, -0.05) is 0 Å². The predicted molar refractivity (Wildman–Crippen MR) is 64.4 cm³/mol. The zero-order valence-electron chi connectivity index (χ0n) is 10.7. The minimum absolute atomic E-state index is 0.0328. The molecule has 2 amide bonds. The Labute approximate surface area is 106 Å². The maximum Gasteiger partial charge on any atom is 0.320 e. The summed E-state index contributed by atoms with van der Waals surface area (Å²) in [5, 5.41) is 8.88. The number of carbonyl (C=O) groups excluding carboxylic acids is 1. The zero-order valence-corrected chi connectivity index (χ0v) is 10.7. The number of morpholine rings is 1. The van der Waals surface area contributed by atoms with Gasteiger partial charge in [0.25, 0.3) is 0 Å². The Hall–Kier alpha value is -1.30. The van der Waals surface area contributed by atoms with Crippen LogP contribution in [0.5, 0.6) is 0 Å². The van der Waals surface area contributed by atoms with E-state index in [1.807, 2.05) is 11.8 Å². The Kier molecular flexibility index (Phi) is 4.06. The van der Waals surface area contributed by atoms with Crippen LogP contribution in [-0.4, -0.2) is 65.3 Å². The van der Waals surface area contributed by atoms with Crippen molar-refractivity contribution in [3.63, 3.8) is 0 Å². The van der Waals surface area contributed by atoms with Gasteiger partial charge in [0, 0.05) is 19.1 Å². The van der Waals surface area contributed by atoms with Gasteiger partial charge in [-0.3, -0.25) is 4.79 Å². The van der Waals surface area contributed by atoms with E-state index in [2.05, 4.69) is 0 Å². The number of urea groups is 1. The summed E-state index contributed by atoms with van der Waals surface area (Å²) in [6.07, 6.45) is 2.08. The first-order chi connectivity index (χ1) is 8.63. The third-order valence-electron chi connectivity index (χ3n) is 3.46. The van der Waals surface area contributed by atoms with Crippen molar-refractivity contribution in [3.05, 3.63) is 0 Å². The molecule has 1 atom stereocenters. The lowest BCUT2D eigenvalue weighted by Gasteiger charge is -2.38. The Morgan fingerprint density at radius 3 is 2.72 bits per heavy atom. The summed E-state index contributed by atoms with van der Waals surface area (Å²) in [7, 11) is 0. The Balaban J connectivity index is 2.02. The average Bonchev–Trinajstić information content (AvgIpc) is 3.14. The van der Waals surface area contributed by atoms with Crippen molar-refractivity contribution in [2.75, 3.05) is 26.3 Å². The van der Waals surface area contributed by atoms with E-state index < -0.39 is 5.97 Å². The topological polar surface area (TPSA) is 70.1 Å². The smallest absolute Gasteiger partial charge is 0.320 e. The van der Waals surface area contributed by atoms with Gasteiger partial charge >= 0.3 is 12.0 Å². The SMILES string of the molecule is CCN(C(=O)N1CCOCC1CC(=O)O)C1CC1. The normalized spacial score (nSPS) is 23.8. The summed E-state index contributed by atoms with van der Waals surface area (Å²) in [6, 6.07) is -0.0121. The molecule has 6 heteroatoms. The molecule has 1 aliphatic heterocycles. The number of nitrogens with zero attached hydrogens (tertiary/aromatic N) is 2. The summed E-state index contributed by atoms with van der Waals surface area (Å²) in [5.74, 6) is -0.891. The Bertz CT molecular complexity index is 330. The van der Waals surface area contributed by atoms with Crippen LogP contribution in [-0.2, 0) is 9.53 Å². The summed E-state index contributed by atoms with van der Waals surface area (Å²) in [6.45, 7) is 3.94. The largest absolute Gasteiger partial charge is 0.481 e. The van der Waals surface area contributed by atoms with Gasteiger partial charge < -0.3 is 19.6 Å². The number of amides is 2. The first-order valence-corrected chi connectivity index (χ1v) is 6.50. The van der Waals surface area contributed by atoms with Crippen molar-refractivity contribution in [3.8, 4) is 0 Å². The van der Waals surface area contributed by atoms with Crippen LogP contribution in [0, 0.1) is 0 Å². The van der Waals surface area contributed by atoms with Crippen LogP contribution in [0.2, 0.25) is 0 Å². The molecule has 0 bridgehead atoms. The minimum atomic E-state index is -0.891. The van der Waals surface area contributed by atoms with Crippen LogP contribution in [0.1, 0.15) is 26.2 Å². The molecular weight excluding hydrogens is 236 g/mol. The lowest BCUT2D eigenvalue weighted by atomic mass is 10.1. The summed E-state index contributed by atoms with van der Waals surface area (Å²) >= 11 is 0. The van der Waals surface area contributed by atoms with Gasteiger partial charge in [-0.2, -0.15) is 0 Å². The summed E-state index contributed by atoms with van der Waals surface area (Å²) in [4.78, 5) is 26.7. The highest BCUT2D eigenvalue weighted by atomic mass is 16.5. The molecule has 2 fully saturated rings. The van der Waals surface area contributed by atoms with Crippen LogP contribution >= 0.6 is 0 Å². The molecule has 0 radical (unpaired) electrons. The number of hydrogen-bond donors (Lipinski definition) is 1. The molecule has 18 heavy (non-hydrogen) atoms. The Morgan fingerprint density at radius 1 is 1.44 bits per heavy atom. The first kappa shape index (κ1) is 13.1. The van der Waals surface area contributed by atoms with Crippen molar-refractivity contribution in [1.29, 1.82) is 0 Å². The van der Waals surface area contributed by atoms with Gasteiger partial charge in [0.2, 0.25) is 0 Å². The van der Waals surface area contributed by atoms with Crippen LogP contribution in [0.15, 0.2) is 0 Å². The zero-order chi connectivity index (χ0) is 13.1. The van der Waals surface area contributed by atoms with E-state index in [4.69, 9.17) is 9.84 Å². The number of aliphatic carboxylic acids is 1. The average molecular weight is 256 g/mol. The van der Waals surface area contributed by atoms with Crippen molar-refractivity contribution in [2.24, 2.45) is 0 Å².